The van der Waals surface area contributed by atoms with E-state index in [0.29, 0.717) is 11.6 Å². The minimum Gasteiger partial charge on any atom is -0.361 e. The maximum absolute atomic E-state index is 9.37. The SMILES string of the molecule is C=C(C#N)C1=C(/C=C\C)C=C(C2CCCN2Cc2c(/C=C\C)cc(C)c3[nH]ccc23)CC1. The van der Waals surface area contributed by atoms with Crippen LogP contribution in [0.25, 0.3) is 17.0 Å². The summed E-state index contributed by atoms with van der Waals surface area (Å²) in [6.45, 7) is 12.4. The summed E-state index contributed by atoms with van der Waals surface area (Å²) in [5.41, 5.74) is 9.63. The lowest BCUT2D eigenvalue weighted by atomic mass is 9.85. The Morgan fingerprint density at radius 2 is 2.09 bits per heavy atom. The topological polar surface area (TPSA) is 42.8 Å². The predicted octanol–water partition coefficient (Wildman–Crippen LogP) is 7.15. The molecule has 2 aromatic rings. The normalized spacial score (nSPS) is 19.9. The molecule has 1 atom stereocenters. The van der Waals surface area contributed by atoms with Crippen LogP contribution >= 0.6 is 0 Å². The molecule has 32 heavy (non-hydrogen) atoms. The maximum atomic E-state index is 9.37. The molecule has 1 saturated heterocycles. The summed E-state index contributed by atoms with van der Waals surface area (Å²) in [4.78, 5) is 6.10. The first-order valence-corrected chi connectivity index (χ1v) is 11.7. The van der Waals surface area contributed by atoms with Crippen LogP contribution in [0.5, 0.6) is 0 Å². The van der Waals surface area contributed by atoms with Gasteiger partial charge in [0.25, 0.3) is 0 Å². The number of likely N-dealkylation sites (tertiary alicyclic amines) is 1. The van der Waals surface area contributed by atoms with Gasteiger partial charge in [0.05, 0.1) is 6.07 Å². The van der Waals surface area contributed by atoms with Crippen molar-refractivity contribution in [3.8, 4) is 6.07 Å². The fraction of sp³-hybridized carbons (Fsp3) is 0.345. The number of fused-ring (bicyclic) bond motifs is 1. The molecule has 1 N–H and O–H groups in total. The Morgan fingerprint density at radius 3 is 2.84 bits per heavy atom. The van der Waals surface area contributed by atoms with Gasteiger partial charge in [-0.15, -0.1) is 0 Å². The first kappa shape index (κ1) is 22.1. The van der Waals surface area contributed by atoms with E-state index in [1.807, 2.05) is 6.92 Å². The number of allylic oxidation sites excluding steroid dienone is 7. The van der Waals surface area contributed by atoms with Crippen molar-refractivity contribution in [3.63, 3.8) is 0 Å². The lowest BCUT2D eigenvalue weighted by Crippen LogP contribution is -2.31. The zero-order chi connectivity index (χ0) is 22.7. The van der Waals surface area contributed by atoms with Gasteiger partial charge in [0, 0.05) is 35.3 Å². The lowest BCUT2D eigenvalue weighted by molar-refractivity contribution is 0.269. The quantitative estimate of drug-likeness (QED) is 0.501. The molecule has 1 aromatic carbocycles. The molecule has 0 spiro atoms. The van der Waals surface area contributed by atoms with E-state index in [0.717, 1.165) is 37.1 Å². The molecule has 2 aliphatic rings. The molecular formula is C29H33N3. The minimum absolute atomic E-state index is 0.459. The van der Waals surface area contributed by atoms with Crippen LogP contribution in [-0.4, -0.2) is 22.5 Å². The molecule has 1 unspecified atom stereocenters. The zero-order valence-corrected chi connectivity index (χ0v) is 19.5. The summed E-state index contributed by atoms with van der Waals surface area (Å²) in [6, 6.07) is 7.25. The van der Waals surface area contributed by atoms with Gasteiger partial charge in [-0.2, -0.15) is 5.26 Å². The summed E-state index contributed by atoms with van der Waals surface area (Å²) in [7, 11) is 0. The van der Waals surface area contributed by atoms with Crippen molar-refractivity contribution in [2.24, 2.45) is 0 Å². The van der Waals surface area contributed by atoms with Crippen LogP contribution in [0, 0.1) is 18.3 Å². The Balaban J connectivity index is 1.69. The van der Waals surface area contributed by atoms with E-state index in [9.17, 15) is 5.26 Å². The summed E-state index contributed by atoms with van der Waals surface area (Å²) < 4.78 is 0. The van der Waals surface area contributed by atoms with Gasteiger partial charge in [0.15, 0.2) is 0 Å². The predicted molar refractivity (Wildman–Crippen MR) is 135 cm³/mol. The van der Waals surface area contributed by atoms with E-state index < -0.39 is 0 Å². The first-order valence-electron chi connectivity index (χ1n) is 11.7. The molecule has 3 nitrogen and oxygen atoms in total. The Labute approximate surface area is 192 Å². The summed E-state index contributed by atoms with van der Waals surface area (Å²) in [5, 5.41) is 10.7. The van der Waals surface area contributed by atoms with Gasteiger partial charge in [-0.25, -0.2) is 0 Å². The molecule has 1 fully saturated rings. The standard InChI is InChI=1S/C29H33N3/c1-5-8-22-16-20(3)29-26(13-14-31-29)27(22)19-32-15-7-10-28(32)24-11-12-25(21(4)18-30)23(17-24)9-6-2/h5-6,8-9,13-14,16-17,28,31H,4,7,10-12,15,19H2,1-3H3/b8-5-,9-6-. The molecular weight excluding hydrogens is 390 g/mol. The van der Waals surface area contributed by atoms with Crippen LogP contribution in [0.15, 0.2) is 71.5 Å². The minimum atomic E-state index is 0.459. The van der Waals surface area contributed by atoms with Crippen LogP contribution in [0.2, 0.25) is 0 Å². The van der Waals surface area contributed by atoms with Crippen LogP contribution in [0.1, 0.15) is 56.2 Å². The van der Waals surface area contributed by atoms with Gasteiger partial charge >= 0.3 is 0 Å². The highest BCUT2D eigenvalue weighted by Crippen LogP contribution is 2.37. The van der Waals surface area contributed by atoms with Crippen molar-refractivity contribution >= 4 is 17.0 Å². The number of benzene rings is 1. The number of aromatic amines is 1. The molecule has 1 aromatic heterocycles. The Hall–Kier alpha value is -3.09. The number of aryl methyl sites for hydroxylation is 1. The van der Waals surface area contributed by atoms with E-state index in [4.69, 9.17) is 0 Å². The van der Waals surface area contributed by atoms with E-state index >= 15 is 0 Å². The highest BCUT2D eigenvalue weighted by molar-refractivity contribution is 5.89. The first-order chi connectivity index (χ1) is 15.6. The highest BCUT2D eigenvalue weighted by Gasteiger charge is 2.30. The van der Waals surface area contributed by atoms with Crippen molar-refractivity contribution in [3.05, 3.63) is 88.2 Å². The molecule has 0 amide bonds. The number of nitriles is 1. The number of hydrogen-bond donors (Lipinski definition) is 1. The van der Waals surface area contributed by atoms with Gasteiger partial charge in [0.2, 0.25) is 0 Å². The third kappa shape index (κ3) is 4.16. The molecule has 0 bridgehead atoms. The largest absolute Gasteiger partial charge is 0.361 e. The molecule has 2 heterocycles. The number of aromatic nitrogens is 1. The number of hydrogen-bond acceptors (Lipinski definition) is 2. The van der Waals surface area contributed by atoms with Gasteiger partial charge in [-0.1, -0.05) is 42.5 Å². The monoisotopic (exact) mass is 423 g/mol. The number of nitrogens with one attached hydrogen (secondary N) is 1. The molecule has 4 rings (SSSR count). The van der Waals surface area contributed by atoms with Crippen LogP contribution < -0.4 is 0 Å². The smallest absolute Gasteiger partial charge is 0.0988 e. The number of nitrogens with zero attached hydrogens (tertiary/aromatic N) is 2. The van der Waals surface area contributed by atoms with Gasteiger partial charge in [0.1, 0.15) is 0 Å². The maximum Gasteiger partial charge on any atom is 0.0988 e. The fourth-order valence-corrected chi connectivity index (χ4v) is 5.39. The second-order valence-corrected chi connectivity index (χ2v) is 8.90. The van der Waals surface area contributed by atoms with E-state index in [-0.39, 0.29) is 0 Å². The average Bonchev–Trinajstić information content (AvgIpc) is 3.46. The van der Waals surface area contributed by atoms with Gasteiger partial charge in [-0.3, -0.25) is 4.90 Å². The van der Waals surface area contributed by atoms with Gasteiger partial charge in [-0.05, 0) is 93.0 Å². The average molecular weight is 424 g/mol. The van der Waals surface area contributed by atoms with Crippen LogP contribution in [-0.2, 0) is 6.54 Å². The molecule has 3 heteroatoms. The van der Waals surface area contributed by atoms with Crippen LogP contribution in [0.4, 0.5) is 0 Å². The van der Waals surface area contributed by atoms with Crippen molar-refractivity contribution in [1.82, 2.24) is 9.88 Å². The Kier molecular flexibility index (Phi) is 6.63. The fourth-order valence-electron chi connectivity index (χ4n) is 5.39. The lowest BCUT2D eigenvalue weighted by Gasteiger charge is -2.30. The number of rotatable bonds is 6. The molecule has 1 aliphatic heterocycles. The summed E-state index contributed by atoms with van der Waals surface area (Å²) in [6.07, 6.45) is 17.3. The molecule has 0 radical (unpaired) electrons. The van der Waals surface area contributed by atoms with Crippen LogP contribution in [0.3, 0.4) is 0 Å². The van der Waals surface area contributed by atoms with E-state index in [2.05, 4.69) is 85.1 Å². The van der Waals surface area contributed by atoms with E-state index in [1.165, 1.54) is 46.0 Å². The van der Waals surface area contributed by atoms with E-state index in [1.54, 1.807) is 0 Å². The summed E-state index contributed by atoms with van der Waals surface area (Å²) in [5.74, 6) is 0. The van der Waals surface area contributed by atoms with Crippen molar-refractivity contribution < 1.29 is 0 Å². The zero-order valence-electron chi connectivity index (χ0n) is 19.5. The van der Waals surface area contributed by atoms with Crippen molar-refractivity contribution in [2.45, 2.75) is 59.0 Å². The second-order valence-electron chi connectivity index (χ2n) is 8.90. The molecule has 0 saturated carbocycles. The third-order valence-corrected chi connectivity index (χ3v) is 6.88. The van der Waals surface area contributed by atoms with Crippen molar-refractivity contribution in [2.75, 3.05) is 6.54 Å². The third-order valence-electron chi connectivity index (χ3n) is 6.88. The highest BCUT2D eigenvalue weighted by atomic mass is 15.2. The molecule has 164 valence electrons. The Morgan fingerprint density at radius 1 is 1.28 bits per heavy atom. The van der Waals surface area contributed by atoms with Gasteiger partial charge < -0.3 is 4.98 Å². The number of H-pyrrole nitrogens is 1. The molecule has 1 aliphatic carbocycles. The Bertz CT molecular complexity index is 1190. The second kappa shape index (κ2) is 9.59. The summed E-state index contributed by atoms with van der Waals surface area (Å²) >= 11 is 0. The van der Waals surface area contributed by atoms with Crippen molar-refractivity contribution in [1.29, 1.82) is 5.26 Å².